The molecule has 0 aromatic rings. The van der Waals surface area contributed by atoms with Crippen molar-refractivity contribution >= 4 is 20.2 Å². The standard InChI is InChI=1S/C5H13IO/c1-5(2,3)6(4)7/h7H,1-4H3. The summed E-state index contributed by atoms with van der Waals surface area (Å²) in [5.74, 6) is 0. The number of hydrogen-bond acceptors (Lipinski definition) is 1. The molecule has 0 aromatic heterocycles. The van der Waals surface area contributed by atoms with Crippen molar-refractivity contribution in [2.75, 3.05) is 4.93 Å². The van der Waals surface area contributed by atoms with Crippen LogP contribution in [0.2, 0.25) is 0 Å². The van der Waals surface area contributed by atoms with E-state index < -0.39 is 20.2 Å². The predicted molar refractivity (Wildman–Crippen MR) is 41.9 cm³/mol. The minimum absolute atomic E-state index is 0.212. The van der Waals surface area contributed by atoms with Crippen LogP contribution in [0.3, 0.4) is 0 Å². The van der Waals surface area contributed by atoms with E-state index in [9.17, 15) is 0 Å². The first-order valence-corrected chi connectivity index (χ1v) is 6.44. The molecule has 0 fully saturated rings. The van der Waals surface area contributed by atoms with Crippen LogP contribution in [0.1, 0.15) is 20.8 Å². The van der Waals surface area contributed by atoms with Gasteiger partial charge in [-0.25, -0.2) is 0 Å². The summed E-state index contributed by atoms with van der Waals surface area (Å²) in [6, 6.07) is 0. The molecule has 0 radical (unpaired) electrons. The van der Waals surface area contributed by atoms with E-state index in [1.807, 2.05) is 4.93 Å². The molecule has 0 amide bonds. The zero-order valence-corrected chi connectivity index (χ0v) is 7.48. The van der Waals surface area contributed by atoms with Crippen molar-refractivity contribution in [3.05, 3.63) is 0 Å². The normalized spacial score (nSPS) is 14.1. The first-order chi connectivity index (χ1) is 2.94. The fourth-order valence-corrected chi connectivity index (χ4v) is 0. The van der Waals surface area contributed by atoms with E-state index in [4.69, 9.17) is 3.44 Å². The van der Waals surface area contributed by atoms with E-state index in [1.54, 1.807) is 0 Å². The maximum atomic E-state index is 9.05. The molecule has 0 atom stereocenters. The average Bonchev–Trinajstić information content (AvgIpc) is 1.31. The molecule has 0 saturated carbocycles. The zero-order chi connectivity index (χ0) is 6.08. The van der Waals surface area contributed by atoms with Crippen LogP contribution in [0, 0.1) is 0 Å². The molecule has 0 bridgehead atoms. The second-order valence-corrected chi connectivity index (χ2v) is 8.27. The van der Waals surface area contributed by atoms with Gasteiger partial charge in [-0.2, -0.15) is 0 Å². The number of halogens is 1. The molecule has 1 nitrogen and oxygen atoms in total. The van der Waals surface area contributed by atoms with Crippen LogP contribution in [-0.2, 0) is 0 Å². The summed E-state index contributed by atoms with van der Waals surface area (Å²) in [4.78, 5) is 1.96. The van der Waals surface area contributed by atoms with Crippen LogP contribution >= 0.6 is 20.2 Å². The third kappa shape index (κ3) is 3.29. The Morgan fingerprint density at radius 3 is 1.43 bits per heavy atom. The van der Waals surface area contributed by atoms with E-state index in [0.29, 0.717) is 0 Å². The molecular formula is C5H13IO. The Bertz CT molecular complexity index is 53.6. The van der Waals surface area contributed by atoms with Crippen LogP contribution in [0.4, 0.5) is 0 Å². The molecule has 0 aliphatic rings. The van der Waals surface area contributed by atoms with Gasteiger partial charge in [-0.05, 0) is 0 Å². The molecule has 7 heavy (non-hydrogen) atoms. The van der Waals surface area contributed by atoms with E-state index in [0.717, 1.165) is 0 Å². The quantitative estimate of drug-likeness (QED) is 0.483. The van der Waals surface area contributed by atoms with Crippen LogP contribution in [0.25, 0.3) is 0 Å². The molecule has 1 N–H and O–H groups in total. The fourth-order valence-electron chi connectivity index (χ4n) is 0. The average molecular weight is 216 g/mol. The van der Waals surface area contributed by atoms with Crippen molar-refractivity contribution in [1.82, 2.24) is 0 Å². The Hall–Kier alpha value is 0.690. The second-order valence-electron chi connectivity index (χ2n) is 2.51. The van der Waals surface area contributed by atoms with E-state index in [-0.39, 0.29) is 3.42 Å². The molecule has 0 aliphatic carbocycles. The summed E-state index contributed by atoms with van der Waals surface area (Å²) in [7, 11) is 0. The van der Waals surface area contributed by atoms with Gasteiger partial charge in [0.2, 0.25) is 0 Å². The van der Waals surface area contributed by atoms with Crippen LogP contribution < -0.4 is 0 Å². The molecule has 0 unspecified atom stereocenters. The molecular weight excluding hydrogens is 203 g/mol. The maximum absolute atomic E-state index is 9.05. The Morgan fingerprint density at radius 2 is 1.43 bits per heavy atom. The van der Waals surface area contributed by atoms with Gasteiger partial charge >= 0.3 is 52.8 Å². The van der Waals surface area contributed by atoms with Crippen molar-refractivity contribution in [1.29, 1.82) is 0 Å². The predicted octanol–water partition coefficient (Wildman–Crippen LogP) is 1.83. The summed E-state index contributed by atoms with van der Waals surface area (Å²) in [6.45, 7) is 6.24. The molecule has 0 aromatic carbocycles. The topological polar surface area (TPSA) is 20.2 Å². The Kier molecular flexibility index (Phi) is 2.53. The van der Waals surface area contributed by atoms with Gasteiger partial charge in [-0.1, -0.05) is 0 Å². The van der Waals surface area contributed by atoms with E-state index in [2.05, 4.69) is 20.8 Å². The van der Waals surface area contributed by atoms with Crippen LogP contribution in [0.5, 0.6) is 0 Å². The Balaban J connectivity index is 3.54. The van der Waals surface area contributed by atoms with Gasteiger partial charge in [0.05, 0.1) is 0 Å². The molecule has 0 saturated heterocycles. The minimum atomic E-state index is -1.51. The van der Waals surface area contributed by atoms with Crippen molar-refractivity contribution in [3.8, 4) is 0 Å². The van der Waals surface area contributed by atoms with Crippen molar-refractivity contribution in [2.24, 2.45) is 0 Å². The van der Waals surface area contributed by atoms with E-state index in [1.165, 1.54) is 0 Å². The van der Waals surface area contributed by atoms with Crippen LogP contribution in [-0.4, -0.2) is 11.8 Å². The van der Waals surface area contributed by atoms with Crippen molar-refractivity contribution in [2.45, 2.75) is 24.2 Å². The van der Waals surface area contributed by atoms with Gasteiger partial charge < -0.3 is 0 Å². The summed E-state index contributed by atoms with van der Waals surface area (Å²) in [6.07, 6.45) is 0. The molecule has 0 rings (SSSR count). The number of rotatable bonds is 0. The van der Waals surface area contributed by atoms with Gasteiger partial charge in [0.15, 0.2) is 0 Å². The second kappa shape index (κ2) is 2.31. The Morgan fingerprint density at radius 1 is 1.29 bits per heavy atom. The monoisotopic (exact) mass is 216 g/mol. The molecule has 0 heterocycles. The van der Waals surface area contributed by atoms with Crippen molar-refractivity contribution < 1.29 is 3.44 Å². The van der Waals surface area contributed by atoms with Crippen molar-refractivity contribution in [3.63, 3.8) is 0 Å². The Labute approximate surface area is 53.1 Å². The van der Waals surface area contributed by atoms with Gasteiger partial charge in [0.25, 0.3) is 0 Å². The molecule has 2 heteroatoms. The van der Waals surface area contributed by atoms with E-state index >= 15 is 0 Å². The SMILES string of the molecule is CI(O)C(C)(C)C. The van der Waals surface area contributed by atoms with Gasteiger partial charge in [-0.15, -0.1) is 0 Å². The summed E-state index contributed by atoms with van der Waals surface area (Å²) < 4.78 is 9.26. The third-order valence-corrected chi connectivity index (χ3v) is 5.50. The van der Waals surface area contributed by atoms with Crippen LogP contribution in [0.15, 0.2) is 0 Å². The molecule has 0 spiro atoms. The summed E-state index contributed by atoms with van der Waals surface area (Å²) in [5.41, 5.74) is 0. The number of alkyl halides is 2. The third-order valence-electron chi connectivity index (χ3n) is 0.820. The summed E-state index contributed by atoms with van der Waals surface area (Å²) >= 11 is -1.51. The van der Waals surface area contributed by atoms with Gasteiger partial charge in [-0.3, -0.25) is 0 Å². The van der Waals surface area contributed by atoms with Gasteiger partial charge in [0, 0.05) is 0 Å². The van der Waals surface area contributed by atoms with Gasteiger partial charge in [0.1, 0.15) is 0 Å². The summed E-state index contributed by atoms with van der Waals surface area (Å²) in [5, 5.41) is 0. The molecule has 46 valence electrons. The fraction of sp³-hybridized carbons (Fsp3) is 1.00. The molecule has 0 aliphatic heterocycles. The first kappa shape index (κ1) is 7.69. The number of hydrogen-bond donors (Lipinski definition) is 1. The first-order valence-electron chi connectivity index (χ1n) is 2.24. The zero-order valence-electron chi connectivity index (χ0n) is 5.33.